The van der Waals surface area contributed by atoms with E-state index < -0.39 is 5.92 Å². The molecule has 0 atom stereocenters. The lowest BCUT2D eigenvalue weighted by Gasteiger charge is -2.09. The first kappa shape index (κ1) is 12.2. The summed E-state index contributed by atoms with van der Waals surface area (Å²) in [7, 11) is 0. The summed E-state index contributed by atoms with van der Waals surface area (Å²) in [6.07, 6.45) is 1.28. The van der Waals surface area contributed by atoms with Crippen molar-refractivity contribution in [3.63, 3.8) is 0 Å². The third-order valence-corrected chi connectivity index (χ3v) is 1.34. The van der Waals surface area contributed by atoms with Crippen molar-refractivity contribution in [1.82, 2.24) is 9.97 Å². The maximum atomic E-state index is 12.6. The zero-order chi connectivity index (χ0) is 9.19. The van der Waals surface area contributed by atoms with Crippen molar-refractivity contribution >= 4 is 12.4 Å². The number of aromatic nitrogens is 2. The second kappa shape index (κ2) is 4.43. The van der Waals surface area contributed by atoms with Gasteiger partial charge < -0.3 is 5.73 Å². The minimum Gasteiger partial charge on any atom is -0.324 e. The van der Waals surface area contributed by atoms with Crippen molar-refractivity contribution in [3.05, 3.63) is 23.8 Å². The van der Waals surface area contributed by atoms with Crippen molar-refractivity contribution < 1.29 is 8.78 Å². The average molecular weight is 210 g/mol. The molecule has 0 saturated carbocycles. The third-order valence-electron chi connectivity index (χ3n) is 1.34. The average Bonchev–Trinajstić information content (AvgIpc) is 2.03. The highest BCUT2D eigenvalue weighted by molar-refractivity contribution is 5.85. The molecule has 0 unspecified atom stereocenters. The number of hydrogen-bond donors (Lipinski definition) is 1. The summed E-state index contributed by atoms with van der Waals surface area (Å²) < 4.78 is 25.3. The molecule has 3 nitrogen and oxygen atoms in total. The normalized spacial score (nSPS) is 10.8. The van der Waals surface area contributed by atoms with E-state index in [9.17, 15) is 8.78 Å². The van der Waals surface area contributed by atoms with Gasteiger partial charge in [0.1, 0.15) is 11.5 Å². The fourth-order valence-corrected chi connectivity index (χ4v) is 0.742. The maximum Gasteiger partial charge on any atom is 0.287 e. The van der Waals surface area contributed by atoms with Gasteiger partial charge in [-0.25, -0.2) is 9.97 Å². The minimum absolute atomic E-state index is 0. The highest BCUT2D eigenvalue weighted by atomic mass is 35.5. The largest absolute Gasteiger partial charge is 0.324 e. The van der Waals surface area contributed by atoms with Crippen molar-refractivity contribution in [1.29, 1.82) is 0 Å². The van der Waals surface area contributed by atoms with Crippen LogP contribution in [-0.4, -0.2) is 9.97 Å². The smallest absolute Gasteiger partial charge is 0.287 e. The fourth-order valence-electron chi connectivity index (χ4n) is 0.742. The number of halogens is 3. The molecule has 0 amide bonds. The molecular weight excluding hydrogens is 200 g/mol. The summed E-state index contributed by atoms with van der Waals surface area (Å²) in [6.45, 7) is 0.861. The fraction of sp³-hybridized carbons (Fsp3) is 0.429. The molecule has 0 saturated heterocycles. The summed E-state index contributed by atoms with van der Waals surface area (Å²) in [6, 6.07) is 1.18. The molecule has 0 spiro atoms. The van der Waals surface area contributed by atoms with Crippen molar-refractivity contribution in [2.75, 3.05) is 0 Å². The predicted molar refractivity (Wildman–Crippen MR) is 46.7 cm³/mol. The highest BCUT2D eigenvalue weighted by Gasteiger charge is 2.26. The van der Waals surface area contributed by atoms with Gasteiger partial charge in [-0.1, -0.05) is 0 Å². The van der Waals surface area contributed by atoms with Crippen LogP contribution in [0.3, 0.4) is 0 Å². The van der Waals surface area contributed by atoms with Crippen LogP contribution in [0.1, 0.15) is 18.4 Å². The van der Waals surface area contributed by atoms with E-state index in [4.69, 9.17) is 5.73 Å². The van der Waals surface area contributed by atoms with E-state index in [1.165, 1.54) is 12.3 Å². The van der Waals surface area contributed by atoms with E-state index in [1.54, 1.807) is 0 Å². The second-order valence-electron chi connectivity index (χ2n) is 2.45. The zero-order valence-corrected chi connectivity index (χ0v) is 7.81. The first-order valence-electron chi connectivity index (χ1n) is 3.44. The van der Waals surface area contributed by atoms with Gasteiger partial charge in [-0.05, 0) is 6.07 Å². The van der Waals surface area contributed by atoms with Gasteiger partial charge >= 0.3 is 0 Å². The van der Waals surface area contributed by atoms with Crippen LogP contribution in [0.2, 0.25) is 0 Å². The lowest BCUT2D eigenvalue weighted by Crippen LogP contribution is -2.13. The molecule has 0 aliphatic carbocycles. The SMILES string of the molecule is CC(F)(F)c1ccnc(CN)n1.Cl. The van der Waals surface area contributed by atoms with Gasteiger partial charge in [0.25, 0.3) is 5.92 Å². The summed E-state index contributed by atoms with van der Waals surface area (Å²) >= 11 is 0. The van der Waals surface area contributed by atoms with Crippen molar-refractivity contribution in [2.45, 2.75) is 19.4 Å². The molecule has 1 aromatic rings. The Bertz CT molecular complexity index is 275. The van der Waals surface area contributed by atoms with Gasteiger partial charge in [-0.2, -0.15) is 8.78 Å². The summed E-state index contributed by atoms with van der Waals surface area (Å²) in [5, 5.41) is 0. The van der Waals surface area contributed by atoms with Gasteiger partial charge in [0.15, 0.2) is 0 Å². The molecule has 0 bridgehead atoms. The van der Waals surface area contributed by atoms with E-state index in [2.05, 4.69) is 9.97 Å². The molecule has 1 aromatic heterocycles. The first-order chi connectivity index (χ1) is 5.54. The lowest BCUT2D eigenvalue weighted by atomic mass is 10.2. The molecule has 74 valence electrons. The highest BCUT2D eigenvalue weighted by Crippen LogP contribution is 2.24. The quantitative estimate of drug-likeness (QED) is 0.803. The summed E-state index contributed by atoms with van der Waals surface area (Å²) in [4.78, 5) is 7.28. The van der Waals surface area contributed by atoms with Crippen LogP contribution >= 0.6 is 12.4 Å². The van der Waals surface area contributed by atoms with Crippen LogP contribution < -0.4 is 5.73 Å². The van der Waals surface area contributed by atoms with Gasteiger partial charge in [0.2, 0.25) is 0 Å². The topological polar surface area (TPSA) is 51.8 Å². The Morgan fingerprint density at radius 2 is 2.15 bits per heavy atom. The Kier molecular flexibility index (Phi) is 4.16. The number of nitrogens with two attached hydrogens (primary N) is 1. The molecule has 13 heavy (non-hydrogen) atoms. The Morgan fingerprint density at radius 3 is 2.62 bits per heavy atom. The molecule has 0 aliphatic rings. The molecule has 6 heteroatoms. The second-order valence-corrected chi connectivity index (χ2v) is 2.45. The monoisotopic (exact) mass is 209 g/mol. The molecule has 0 fully saturated rings. The number of rotatable bonds is 2. The van der Waals surface area contributed by atoms with E-state index in [-0.39, 0.29) is 30.5 Å². The van der Waals surface area contributed by atoms with E-state index in [0.717, 1.165) is 6.92 Å². The van der Waals surface area contributed by atoms with Crippen LogP contribution in [0.5, 0.6) is 0 Å². The number of hydrogen-bond acceptors (Lipinski definition) is 3. The van der Waals surface area contributed by atoms with Gasteiger partial charge in [-0.15, -0.1) is 12.4 Å². The van der Waals surface area contributed by atoms with E-state index in [1.807, 2.05) is 0 Å². The standard InChI is InChI=1S/C7H9F2N3.ClH/c1-7(8,9)5-2-3-11-6(4-10)12-5;/h2-3H,4,10H2,1H3;1H. The predicted octanol–water partition coefficient (Wildman–Crippen LogP) is 1.47. The molecule has 0 aliphatic heterocycles. The first-order valence-corrected chi connectivity index (χ1v) is 3.44. The molecule has 1 heterocycles. The Labute approximate surface area is 80.8 Å². The molecule has 2 N–H and O–H groups in total. The van der Waals surface area contributed by atoms with E-state index >= 15 is 0 Å². The van der Waals surface area contributed by atoms with Crippen LogP contribution in [-0.2, 0) is 12.5 Å². The molecular formula is C7H10ClF2N3. The van der Waals surface area contributed by atoms with Gasteiger partial charge in [-0.3, -0.25) is 0 Å². The third kappa shape index (κ3) is 3.20. The van der Waals surface area contributed by atoms with Crippen LogP contribution in [0, 0.1) is 0 Å². The maximum absolute atomic E-state index is 12.6. The minimum atomic E-state index is -2.92. The van der Waals surface area contributed by atoms with Crippen LogP contribution in [0.4, 0.5) is 8.78 Å². The summed E-state index contributed by atoms with van der Waals surface area (Å²) in [5.74, 6) is -2.69. The van der Waals surface area contributed by atoms with Gasteiger partial charge in [0.05, 0.1) is 6.54 Å². The zero-order valence-electron chi connectivity index (χ0n) is 7.00. The van der Waals surface area contributed by atoms with Crippen molar-refractivity contribution in [2.24, 2.45) is 5.73 Å². The summed E-state index contributed by atoms with van der Waals surface area (Å²) in [5.41, 5.74) is 4.90. The Morgan fingerprint density at radius 1 is 1.54 bits per heavy atom. The Hall–Kier alpha value is -0.810. The van der Waals surface area contributed by atoms with Crippen LogP contribution in [0.15, 0.2) is 12.3 Å². The molecule has 0 radical (unpaired) electrons. The van der Waals surface area contributed by atoms with Gasteiger partial charge in [0, 0.05) is 13.1 Å². The van der Waals surface area contributed by atoms with Crippen molar-refractivity contribution in [3.8, 4) is 0 Å². The number of nitrogens with zero attached hydrogens (tertiary/aromatic N) is 2. The van der Waals surface area contributed by atoms with E-state index in [0.29, 0.717) is 0 Å². The lowest BCUT2D eigenvalue weighted by molar-refractivity contribution is 0.0124. The number of alkyl halides is 2. The van der Waals surface area contributed by atoms with Crippen LogP contribution in [0.25, 0.3) is 0 Å². The molecule has 1 rings (SSSR count). The Balaban J connectivity index is 0.00000144. The molecule has 0 aromatic carbocycles.